The predicted molar refractivity (Wildman–Crippen MR) is 128 cm³/mol. The first kappa shape index (κ1) is 23.4. The summed E-state index contributed by atoms with van der Waals surface area (Å²) in [5.41, 5.74) is 1.70. The highest BCUT2D eigenvalue weighted by molar-refractivity contribution is 6.04. The normalized spacial score (nSPS) is 11.6. The third kappa shape index (κ3) is 5.45. The van der Waals surface area contributed by atoms with Crippen molar-refractivity contribution in [2.75, 3.05) is 5.32 Å². The Morgan fingerprint density at radius 1 is 1.20 bits per heavy atom. The molecular weight excluding hydrogens is 449 g/mol. The standard InChI is InChI=1S/C26H22FN5O3/c1-16(26(35)31-24-4-2-3-18-7-8-21(33)11-22(18)24)30-25(34)10-20-13-29-15-32(20)14-17-5-6-19(12-28)23(27)9-17/h2-9,11,13,15-16,33H,10,14H2,1H3,(H,30,34)(H,31,35)/t16-/m1/s1. The number of anilines is 1. The average Bonchev–Trinajstić information content (AvgIpc) is 3.25. The van der Waals surface area contributed by atoms with Gasteiger partial charge in [-0.25, -0.2) is 9.37 Å². The zero-order valence-electron chi connectivity index (χ0n) is 18.8. The highest BCUT2D eigenvalue weighted by atomic mass is 19.1. The molecule has 0 bridgehead atoms. The van der Waals surface area contributed by atoms with E-state index in [2.05, 4.69) is 15.6 Å². The van der Waals surface area contributed by atoms with Gasteiger partial charge in [-0.15, -0.1) is 0 Å². The Morgan fingerprint density at radius 3 is 2.80 bits per heavy atom. The number of hydrogen-bond donors (Lipinski definition) is 3. The van der Waals surface area contributed by atoms with E-state index in [-0.39, 0.29) is 30.2 Å². The van der Waals surface area contributed by atoms with E-state index in [1.807, 2.05) is 6.07 Å². The van der Waals surface area contributed by atoms with Crippen molar-refractivity contribution in [3.05, 3.63) is 89.8 Å². The smallest absolute Gasteiger partial charge is 0.246 e. The first-order chi connectivity index (χ1) is 16.8. The van der Waals surface area contributed by atoms with Crippen molar-refractivity contribution in [3.8, 4) is 11.8 Å². The van der Waals surface area contributed by atoms with Crippen molar-refractivity contribution in [1.82, 2.24) is 14.9 Å². The third-order valence-electron chi connectivity index (χ3n) is 5.54. The van der Waals surface area contributed by atoms with Crippen LogP contribution < -0.4 is 10.6 Å². The second kappa shape index (κ2) is 10.1. The number of carbonyl (C=O) groups is 2. The first-order valence-corrected chi connectivity index (χ1v) is 10.8. The summed E-state index contributed by atoms with van der Waals surface area (Å²) >= 11 is 0. The lowest BCUT2D eigenvalue weighted by Crippen LogP contribution is -2.42. The van der Waals surface area contributed by atoms with Crippen LogP contribution in [0.15, 0.2) is 67.1 Å². The van der Waals surface area contributed by atoms with Gasteiger partial charge in [0.1, 0.15) is 23.7 Å². The summed E-state index contributed by atoms with van der Waals surface area (Å²) in [7, 11) is 0. The van der Waals surface area contributed by atoms with E-state index in [1.165, 1.54) is 24.7 Å². The summed E-state index contributed by atoms with van der Waals surface area (Å²) in [6, 6.07) is 15.6. The van der Waals surface area contributed by atoms with E-state index in [0.29, 0.717) is 22.3 Å². The molecule has 3 N–H and O–H groups in total. The maximum atomic E-state index is 13.9. The number of fused-ring (bicyclic) bond motifs is 1. The minimum absolute atomic E-state index is 0.0292. The molecular formula is C26H22FN5O3. The molecule has 1 atom stereocenters. The van der Waals surface area contributed by atoms with Crippen LogP contribution in [0.1, 0.15) is 23.7 Å². The van der Waals surface area contributed by atoms with Crippen LogP contribution in [0.2, 0.25) is 0 Å². The average molecular weight is 471 g/mol. The molecule has 0 aliphatic heterocycles. The number of nitrogens with one attached hydrogen (secondary N) is 2. The van der Waals surface area contributed by atoms with Crippen LogP contribution in [0, 0.1) is 17.1 Å². The lowest BCUT2D eigenvalue weighted by Gasteiger charge is -2.16. The van der Waals surface area contributed by atoms with Gasteiger partial charge in [-0.2, -0.15) is 5.26 Å². The Labute approximate surface area is 200 Å². The van der Waals surface area contributed by atoms with Crippen molar-refractivity contribution in [1.29, 1.82) is 5.26 Å². The van der Waals surface area contributed by atoms with Gasteiger partial charge in [0.15, 0.2) is 0 Å². The SMILES string of the molecule is C[C@@H](NC(=O)Cc1cncn1Cc1ccc(C#N)c(F)c1)C(=O)Nc1cccc2ccc(O)cc12. The third-order valence-corrected chi connectivity index (χ3v) is 5.54. The minimum atomic E-state index is -0.820. The zero-order chi connectivity index (χ0) is 24.9. The number of phenols is 1. The Hall–Kier alpha value is -4.71. The van der Waals surface area contributed by atoms with Crippen molar-refractivity contribution in [2.45, 2.75) is 25.9 Å². The molecule has 3 aromatic carbocycles. The van der Waals surface area contributed by atoms with Gasteiger partial charge in [0.2, 0.25) is 11.8 Å². The Bertz CT molecular complexity index is 1460. The minimum Gasteiger partial charge on any atom is -0.508 e. The van der Waals surface area contributed by atoms with Crippen LogP contribution in [0.4, 0.5) is 10.1 Å². The molecule has 0 unspecified atom stereocenters. The van der Waals surface area contributed by atoms with Crippen LogP contribution in [0.25, 0.3) is 10.8 Å². The summed E-state index contributed by atoms with van der Waals surface area (Å²) < 4.78 is 15.6. The summed E-state index contributed by atoms with van der Waals surface area (Å²) in [6.07, 6.45) is 3.04. The molecule has 176 valence electrons. The van der Waals surface area contributed by atoms with Crippen molar-refractivity contribution >= 4 is 28.3 Å². The molecule has 0 saturated heterocycles. The van der Waals surface area contributed by atoms with E-state index >= 15 is 0 Å². The maximum absolute atomic E-state index is 13.9. The Kier molecular flexibility index (Phi) is 6.73. The zero-order valence-corrected chi connectivity index (χ0v) is 18.8. The molecule has 0 saturated carbocycles. The van der Waals surface area contributed by atoms with Crippen molar-refractivity contribution in [3.63, 3.8) is 0 Å². The largest absolute Gasteiger partial charge is 0.508 e. The van der Waals surface area contributed by atoms with Gasteiger partial charge in [-0.05, 0) is 48.2 Å². The van der Waals surface area contributed by atoms with E-state index in [4.69, 9.17) is 5.26 Å². The summed E-state index contributed by atoms with van der Waals surface area (Å²) in [5.74, 6) is -1.31. The summed E-state index contributed by atoms with van der Waals surface area (Å²) in [6.45, 7) is 1.85. The van der Waals surface area contributed by atoms with Crippen molar-refractivity contribution in [2.24, 2.45) is 0 Å². The number of hydrogen-bond acceptors (Lipinski definition) is 5. The molecule has 4 aromatic rings. The molecule has 9 heteroatoms. The molecule has 0 aliphatic carbocycles. The molecule has 2 amide bonds. The Morgan fingerprint density at radius 2 is 2.03 bits per heavy atom. The van der Waals surface area contributed by atoms with Crippen LogP contribution in [-0.2, 0) is 22.6 Å². The van der Waals surface area contributed by atoms with Crippen LogP contribution in [0.3, 0.4) is 0 Å². The van der Waals surface area contributed by atoms with E-state index in [1.54, 1.807) is 54.0 Å². The first-order valence-electron chi connectivity index (χ1n) is 10.8. The lowest BCUT2D eigenvalue weighted by molar-refractivity contribution is -0.125. The number of halogens is 1. The van der Waals surface area contributed by atoms with E-state index in [9.17, 15) is 19.1 Å². The predicted octanol–water partition coefficient (Wildman–Crippen LogP) is 3.49. The molecule has 35 heavy (non-hydrogen) atoms. The molecule has 8 nitrogen and oxygen atoms in total. The van der Waals surface area contributed by atoms with Crippen LogP contribution >= 0.6 is 0 Å². The number of aromatic hydroxyl groups is 1. The highest BCUT2D eigenvalue weighted by Crippen LogP contribution is 2.27. The lowest BCUT2D eigenvalue weighted by atomic mass is 10.1. The van der Waals surface area contributed by atoms with E-state index < -0.39 is 17.8 Å². The quantitative estimate of drug-likeness (QED) is 0.381. The number of nitriles is 1. The Balaban J connectivity index is 1.38. The van der Waals surface area contributed by atoms with Gasteiger partial charge in [-0.1, -0.05) is 24.3 Å². The fourth-order valence-corrected chi connectivity index (χ4v) is 3.72. The molecule has 1 aromatic heterocycles. The highest BCUT2D eigenvalue weighted by Gasteiger charge is 2.18. The second-order valence-electron chi connectivity index (χ2n) is 8.11. The molecule has 0 fully saturated rings. The molecule has 0 aliphatic rings. The summed E-state index contributed by atoms with van der Waals surface area (Å²) in [4.78, 5) is 29.4. The fourth-order valence-electron chi connectivity index (χ4n) is 3.72. The molecule has 4 rings (SSSR count). The number of benzene rings is 3. The number of phenolic OH excluding ortho intramolecular Hbond substituents is 1. The van der Waals surface area contributed by atoms with Crippen LogP contribution in [-0.4, -0.2) is 32.5 Å². The molecule has 0 radical (unpaired) electrons. The number of nitrogens with zero attached hydrogens (tertiary/aromatic N) is 3. The van der Waals surface area contributed by atoms with Gasteiger partial charge < -0.3 is 20.3 Å². The monoisotopic (exact) mass is 471 g/mol. The van der Waals surface area contributed by atoms with Crippen molar-refractivity contribution < 1.29 is 19.1 Å². The van der Waals surface area contributed by atoms with Crippen LogP contribution in [0.5, 0.6) is 5.75 Å². The fraction of sp³-hybridized carbons (Fsp3) is 0.154. The van der Waals surface area contributed by atoms with Gasteiger partial charge in [-0.3, -0.25) is 9.59 Å². The molecule has 1 heterocycles. The molecule has 0 spiro atoms. The van der Waals surface area contributed by atoms with Gasteiger partial charge in [0.25, 0.3) is 0 Å². The number of carbonyl (C=O) groups excluding carboxylic acids is 2. The summed E-state index contributed by atoms with van der Waals surface area (Å²) in [5, 5.41) is 25.7. The van der Waals surface area contributed by atoms with Gasteiger partial charge >= 0.3 is 0 Å². The number of aromatic nitrogens is 2. The number of imidazole rings is 1. The number of amides is 2. The number of rotatable bonds is 7. The van der Waals surface area contributed by atoms with E-state index in [0.717, 1.165) is 5.39 Å². The topological polar surface area (TPSA) is 120 Å². The van der Waals surface area contributed by atoms with Gasteiger partial charge in [0.05, 0.1) is 18.3 Å². The second-order valence-corrected chi connectivity index (χ2v) is 8.11. The maximum Gasteiger partial charge on any atom is 0.246 e. The van der Waals surface area contributed by atoms with Gasteiger partial charge in [0, 0.05) is 29.5 Å².